The van der Waals surface area contributed by atoms with E-state index in [1.807, 2.05) is 6.92 Å². The van der Waals surface area contributed by atoms with Crippen LogP contribution in [-0.2, 0) is 19.1 Å². The third-order valence-electron chi connectivity index (χ3n) is 3.26. The second-order valence-electron chi connectivity index (χ2n) is 4.89. The zero-order chi connectivity index (χ0) is 15.9. The first kappa shape index (κ1) is 16.3. The number of hydrogen-bond acceptors (Lipinski definition) is 6. The second kappa shape index (κ2) is 7.77. The molecule has 0 radical (unpaired) electrons. The van der Waals surface area contributed by atoms with Gasteiger partial charge in [0, 0.05) is 18.8 Å². The standard InChI is InChI=1S/C15H20N2O5/c1-10-7-11(22-9-14(18)20-2)3-4-12(10)17-15(19)13-8-16-5-6-21-13/h3-4,7,13,16H,5-6,8-9H2,1-2H3,(H,17,19). The van der Waals surface area contributed by atoms with Gasteiger partial charge >= 0.3 is 5.97 Å². The number of carbonyl (C=O) groups excluding carboxylic acids is 2. The van der Waals surface area contributed by atoms with E-state index in [9.17, 15) is 9.59 Å². The molecule has 0 bridgehead atoms. The number of aryl methyl sites for hydroxylation is 1. The summed E-state index contributed by atoms with van der Waals surface area (Å²) < 4.78 is 15.2. The maximum Gasteiger partial charge on any atom is 0.343 e. The van der Waals surface area contributed by atoms with Crippen molar-refractivity contribution >= 4 is 17.6 Å². The molecule has 1 fully saturated rings. The lowest BCUT2D eigenvalue weighted by molar-refractivity contribution is -0.142. The van der Waals surface area contributed by atoms with Crippen LogP contribution in [0.4, 0.5) is 5.69 Å². The molecule has 1 aromatic carbocycles. The van der Waals surface area contributed by atoms with Gasteiger partial charge in [0.2, 0.25) is 0 Å². The molecular weight excluding hydrogens is 288 g/mol. The predicted octanol–water partition coefficient (Wildman–Crippen LogP) is 0.474. The number of amides is 1. The highest BCUT2D eigenvalue weighted by Gasteiger charge is 2.22. The quantitative estimate of drug-likeness (QED) is 0.769. The van der Waals surface area contributed by atoms with Crippen molar-refractivity contribution in [2.75, 3.05) is 38.7 Å². The molecule has 0 spiro atoms. The zero-order valence-electron chi connectivity index (χ0n) is 12.7. The lowest BCUT2D eigenvalue weighted by Gasteiger charge is -2.23. The van der Waals surface area contributed by atoms with Crippen LogP contribution in [0, 0.1) is 6.92 Å². The number of benzene rings is 1. The van der Waals surface area contributed by atoms with Crippen LogP contribution in [0.5, 0.6) is 5.75 Å². The molecule has 1 atom stereocenters. The highest BCUT2D eigenvalue weighted by atomic mass is 16.6. The summed E-state index contributed by atoms with van der Waals surface area (Å²) in [6, 6.07) is 5.17. The minimum absolute atomic E-state index is 0.150. The van der Waals surface area contributed by atoms with Crippen molar-refractivity contribution in [1.29, 1.82) is 0 Å². The van der Waals surface area contributed by atoms with Crippen LogP contribution in [0.2, 0.25) is 0 Å². The van der Waals surface area contributed by atoms with Crippen molar-refractivity contribution in [2.45, 2.75) is 13.0 Å². The Morgan fingerprint density at radius 1 is 1.45 bits per heavy atom. The highest BCUT2D eigenvalue weighted by molar-refractivity contribution is 5.95. The summed E-state index contributed by atoms with van der Waals surface area (Å²) in [7, 11) is 1.30. The maximum atomic E-state index is 12.1. The Labute approximate surface area is 128 Å². The summed E-state index contributed by atoms with van der Waals surface area (Å²) in [4.78, 5) is 23.1. The first-order chi connectivity index (χ1) is 10.6. The number of methoxy groups -OCH3 is 1. The zero-order valence-corrected chi connectivity index (χ0v) is 12.7. The fourth-order valence-corrected chi connectivity index (χ4v) is 2.01. The normalized spacial score (nSPS) is 17.6. The van der Waals surface area contributed by atoms with Crippen LogP contribution in [0.1, 0.15) is 5.56 Å². The molecule has 1 aromatic rings. The molecule has 7 nitrogen and oxygen atoms in total. The van der Waals surface area contributed by atoms with Crippen molar-refractivity contribution in [2.24, 2.45) is 0 Å². The van der Waals surface area contributed by atoms with Crippen LogP contribution in [0.25, 0.3) is 0 Å². The summed E-state index contributed by atoms with van der Waals surface area (Å²) >= 11 is 0. The summed E-state index contributed by atoms with van der Waals surface area (Å²) in [6.45, 7) is 3.49. The minimum atomic E-state index is -0.483. The smallest absolute Gasteiger partial charge is 0.343 e. The fourth-order valence-electron chi connectivity index (χ4n) is 2.01. The third-order valence-corrected chi connectivity index (χ3v) is 3.26. The number of hydrogen-bond donors (Lipinski definition) is 2. The molecule has 7 heteroatoms. The Hall–Kier alpha value is -2.12. The first-order valence-corrected chi connectivity index (χ1v) is 7.03. The van der Waals surface area contributed by atoms with E-state index in [-0.39, 0.29) is 12.5 Å². The van der Waals surface area contributed by atoms with E-state index in [0.29, 0.717) is 24.6 Å². The van der Waals surface area contributed by atoms with Gasteiger partial charge in [-0.2, -0.15) is 0 Å². The number of nitrogens with one attached hydrogen (secondary N) is 2. The molecule has 120 valence electrons. The molecule has 0 saturated carbocycles. The molecule has 2 N–H and O–H groups in total. The van der Waals surface area contributed by atoms with Gasteiger partial charge in [-0.3, -0.25) is 4.79 Å². The van der Waals surface area contributed by atoms with Crippen molar-refractivity contribution in [1.82, 2.24) is 5.32 Å². The van der Waals surface area contributed by atoms with E-state index in [1.54, 1.807) is 18.2 Å². The minimum Gasteiger partial charge on any atom is -0.482 e. The van der Waals surface area contributed by atoms with Crippen molar-refractivity contribution < 1.29 is 23.8 Å². The van der Waals surface area contributed by atoms with Crippen LogP contribution in [0.15, 0.2) is 18.2 Å². The van der Waals surface area contributed by atoms with Crippen molar-refractivity contribution in [3.8, 4) is 5.75 Å². The van der Waals surface area contributed by atoms with E-state index < -0.39 is 12.1 Å². The molecule has 22 heavy (non-hydrogen) atoms. The maximum absolute atomic E-state index is 12.1. The van der Waals surface area contributed by atoms with E-state index in [1.165, 1.54) is 7.11 Å². The van der Waals surface area contributed by atoms with Gasteiger partial charge in [0.15, 0.2) is 6.61 Å². The number of ether oxygens (including phenoxy) is 3. The molecule has 1 aliphatic heterocycles. The Bertz CT molecular complexity index is 541. The average Bonchev–Trinajstić information content (AvgIpc) is 2.55. The Morgan fingerprint density at radius 3 is 2.91 bits per heavy atom. The van der Waals surface area contributed by atoms with Gasteiger partial charge < -0.3 is 24.8 Å². The molecule has 1 saturated heterocycles. The number of esters is 1. The summed E-state index contributed by atoms with van der Waals surface area (Å²) in [5.74, 6) is -0.0907. The molecule has 0 aromatic heterocycles. The van der Waals surface area contributed by atoms with Crippen molar-refractivity contribution in [3.63, 3.8) is 0 Å². The number of anilines is 1. The monoisotopic (exact) mass is 308 g/mol. The van der Waals surface area contributed by atoms with Gasteiger partial charge in [-0.05, 0) is 30.7 Å². The number of rotatable bonds is 5. The molecular formula is C15H20N2O5. The first-order valence-electron chi connectivity index (χ1n) is 7.03. The lowest BCUT2D eigenvalue weighted by Crippen LogP contribution is -2.45. The number of carbonyl (C=O) groups is 2. The van der Waals surface area contributed by atoms with Gasteiger partial charge in [0.05, 0.1) is 13.7 Å². The largest absolute Gasteiger partial charge is 0.482 e. The van der Waals surface area contributed by atoms with Gasteiger partial charge in [-0.15, -0.1) is 0 Å². The highest BCUT2D eigenvalue weighted by Crippen LogP contribution is 2.21. The van der Waals surface area contributed by atoms with E-state index >= 15 is 0 Å². The van der Waals surface area contributed by atoms with Crippen LogP contribution in [-0.4, -0.2) is 51.4 Å². The summed E-state index contributed by atoms with van der Waals surface area (Å²) in [5, 5.41) is 5.94. The van der Waals surface area contributed by atoms with E-state index in [0.717, 1.165) is 12.1 Å². The predicted molar refractivity (Wildman–Crippen MR) is 79.9 cm³/mol. The average molecular weight is 308 g/mol. The van der Waals surface area contributed by atoms with Gasteiger partial charge in [0.25, 0.3) is 5.91 Å². The van der Waals surface area contributed by atoms with Gasteiger partial charge in [-0.25, -0.2) is 4.79 Å². The lowest BCUT2D eigenvalue weighted by atomic mass is 10.1. The molecule has 2 rings (SSSR count). The fraction of sp³-hybridized carbons (Fsp3) is 0.467. The second-order valence-corrected chi connectivity index (χ2v) is 4.89. The Balaban J connectivity index is 1.94. The van der Waals surface area contributed by atoms with Crippen LogP contribution < -0.4 is 15.4 Å². The number of morpholine rings is 1. The van der Waals surface area contributed by atoms with Crippen molar-refractivity contribution in [3.05, 3.63) is 23.8 Å². The van der Waals surface area contributed by atoms with Gasteiger partial charge in [-0.1, -0.05) is 0 Å². The summed E-state index contributed by atoms with van der Waals surface area (Å²) in [6.07, 6.45) is -0.483. The topological polar surface area (TPSA) is 85.9 Å². The Morgan fingerprint density at radius 2 is 2.27 bits per heavy atom. The van der Waals surface area contributed by atoms with Crippen LogP contribution in [0.3, 0.4) is 0 Å². The summed E-state index contributed by atoms with van der Waals surface area (Å²) in [5.41, 5.74) is 1.52. The molecule has 1 amide bonds. The molecule has 0 aliphatic carbocycles. The van der Waals surface area contributed by atoms with Crippen LogP contribution >= 0.6 is 0 Å². The SMILES string of the molecule is COC(=O)COc1ccc(NC(=O)C2CNCCO2)c(C)c1. The Kier molecular flexibility index (Phi) is 5.74. The molecule has 1 aliphatic rings. The van der Waals surface area contributed by atoms with E-state index in [2.05, 4.69) is 15.4 Å². The molecule has 1 unspecified atom stereocenters. The third kappa shape index (κ3) is 4.44. The van der Waals surface area contributed by atoms with E-state index in [4.69, 9.17) is 9.47 Å². The van der Waals surface area contributed by atoms with Gasteiger partial charge in [0.1, 0.15) is 11.9 Å². The molecule has 1 heterocycles.